The first-order valence-corrected chi connectivity index (χ1v) is 5.05. The summed E-state index contributed by atoms with van der Waals surface area (Å²) in [6.07, 6.45) is -4.78. The summed E-state index contributed by atoms with van der Waals surface area (Å²) in [6.45, 7) is 0.667. The first-order valence-electron chi connectivity index (χ1n) is 5.05. The molecule has 0 atom stereocenters. The number of amides is 1. The van der Waals surface area contributed by atoms with Gasteiger partial charge in [-0.2, -0.15) is 22.0 Å². The van der Waals surface area contributed by atoms with E-state index >= 15 is 0 Å². The minimum Gasteiger partial charge on any atom is -0.381 e. The Morgan fingerprint density at radius 2 is 1.71 bits per heavy atom. The van der Waals surface area contributed by atoms with Crippen molar-refractivity contribution in [1.82, 2.24) is 5.32 Å². The molecule has 0 bridgehead atoms. The van der Waals surface area contributed by atoms with Crippen LogP contribution < -0.4 is 5.32 Å². The van der Waals surface area contributed by atoms with E-state index in [4.69, 9.17) is 4.74 Å². The summed E-state index contributed by atoms with van der Waals surface area (Å²) in [5.74, 6) is -7.74. The van der Waals surface area contributed by atoms with Crippen LogP contribution in [0.1, 0.15) is 12.8 Å². The van der Waals surface area contributed by atoms with Gasteiger partial charge in [0.2, 0.25) is 0 Å². The summed E-state index contributed by atoms with van der Waals surface area (Å²) in [7, 11) is 0. The number of halogens is 5. The third kappa shape index (κ3) is 3.52. The van der Waals surface area contributed by atoms with Crippen LogP contribution >= 0.6 is 0 Å². The van der Waals surface area contributed by atoms with Crippen LogP contribution in [0.5, 0.6) is 0 Å². The topological polar surface area (TPSA) is 38.3 Å². The summed E-state index contributed by atoms with van der Waals surface area (Å²) in [4.78, 5) is 10.7. The van der Waals surface area contributed by atoms with E-state index in [0.717, 1.165) is 0 Å². The molecule has 0 radical (unpaired) electrons. The van der Waals surface area contributed by atoms with Crippen LogP contribution in [0.2, 0.25) is 0 Å². The van der Waals surface area contributed by atoms with Gasteiger partial charge in [-0.25, -0.2) is 0 Å². The fraction of sp³-hybridized carbons (Fsp3) is 0.889. The number of hydrogen-bond donors (Lipinski definition) is 1. The predicted molar refractivity (Wildman–Crippen MR) is 47.6 cm³/mol. The molecule has 100 valence electrons. The van der Waals surface area contributed by atoms with Gasteiger partial charge in [0.15, 0.2) is 0 Å². The zero-order valence-electron chi connectivity index (χ0n) is 8.82. The standard InChI is InChI=1S/C9H12F5NO2/c10-8(11,9(12,13)14)7(16)15-5-6-1-3-17-4-2-6/h6H,1-5H2,(H,15,16). The first kappa shape index (κ1) is 14.1. The average Bonchev–Trinajstić information content (AvgIpc) is 2.25. The van der Waals surface area contributed by atoms with Gasteiger partial charge in [0.1, 0.15) is 0 Å². The molecule has 1 N–H and O–H groups in total. The van der Waals surface area contributed by atoms with Gasteiger partial charge >= 0.3 is 12.1 Å². The van der Waals surface area contributed by atoms with Gasteiger partial charge < -0.3 is 10.1 Å². The summed E-state index contributed by atoms with van der Waals surface area (Å²) in [5.41, 5.74) is 0. The molecule has 0 aliphatic carbocycles. The zero-order chi connectivity index (χ0) is 13.1. The van der Waals surface area contributed by atoms with Gasteiger partial charge in [-0.15, -0.1) is 0 Å². The second kappa shape index (κ2) is 5.16. The van der Waals surface area contributed by atoms with E-state index in [0.29, 0.717) is 26.1 Å². The van der Waals surface area contributed by atoms with Gasteiger partial charge in [0, 0.05) is 19.8 Å². The van der Waals surface area contributed by atoms with Crippen LogP contribution in [0.4, 0.5) is 22.0 Å². The molecule has 1 rings (SSSR count). The largest absolute Gasteiger partial charge is 0.463 e. The van der Waals surface area contributed by atoms with Crippen molar-refractivity contribution in [3.05, 3.63) is 0 Å². The normalized spacial score (nSPS) is 19.1. The van der Waals surface area contributed by atoms with Crippen LogP contribution in [0.15, 0.2) is 0 Å². The van der Waals surface area contributed by atoms with E-state index < -0.39 is 18.0 Å². The van der Waals surface area contributed by atoms with Crippen molar-refractivity contribution in [1.29, 1.82) is 0 Å². The van der Waals surface area contributed by atoms with Crippen LogP contribution in [0, 0.1) is 5.92 Å². The Balaban J connectivity index is 2.43. The number of carbonyl (C=O) groups excluding carboxylic acids is 1. The molecule has 0 spiro atoms. The van der Waals surface area contributed by atoms with Gasteiger partial charge in [-0.3, -0.25) is 4.79 Å². The number of rotatable bonds is 3. The summed E-state index contributed by atoms with van der Waals surface area (Å²) in [5, 5.41) is 1.63. The summed E-state index contributed by atoms with van der Waals surface area (Å²) < 4.78 is 65.5. The van der Waals surface area contributed by atoms with Crippen molar-refractivity contribution in [2.75, 3.05) is 19.8 Å². The van der Waals surface area contributed by atoms with Crippen LogP contribution in [0.3, 0.4) is 0 Å². The minimum atomic E-state index is -5.85. The van der Waals surface area contributed by atoms with E-state index in [1.165, 1.54) is 0 Å². The molecule has 0 unspecified atom stereocenters. The van der Waals surface area contributed by atoms with Crippen molar-refractivity contribution in [2.24, 2.45) is 5.92 Å². The molecule has 1 fully saturated rings. The SMILES string of the molecule is O=C(NCC1CCOCC1)C(F)(F)C(F)(F)F. The average molecular weight is 261 g/mol. The Kier molecular flexibility index (Phi) is 4.29. The maximum Gasteiger partial charge on any atom is 0.463 e. The van der Waals surface area contributed by atoms with Gasteiger partial charge in [0.25, 0.3) is 5.91 Å². The highest BCUT2D eigenvalue weighted by Gasteiger charge is 2.63. The molecule has 3 nitrogen and oxygen atoms in total. The van der Waals surface area contributed by atoms with Crippen LogP contribution in [-0.4, -0.2) is 37.8 Å². The number of carbonyl (C=O) groups is 1. The fourth-order valence-corrected chi connectivity index (χ4v) is 1.43. The molecular formula is C9H12F5NO2. The van der Waals surface area contributed by atoms with Crippen LogP contribution in [-0.2, 0) is 9.53 Å². The van der Waals surface area contributed by atoms with Crippen molar-refractivity contribution in [2.45, 2.75) is 24.9 Å². The molecule has 1 heterocycles. The molecule has 1 saturated heterocycles. The van der Waals surface area contributed by atoms with Gasteiger partial charge in [-0.05, 0) is 18.8 Å². The number of ether oxygens (including phenoxy) is 1. The first-order chi connectivity index (χ1) is 7.75. The molecular weight excluding hydrogens is 249 g/mol. The Morgan fingerprint density at radius 1 is 1.18 bits per heavy atom. The maximum atomic E-state index is 12.5. The van der Waals surface area contributed by atoms with E-state index in [1.807, 2.05) is 0 Å². The van der Waals surface area contributed by atoms with E-state index in [2.05, 4.69) is 0 Å². The lowest BCUT2D eigenvalue weighted by Crippen LogP contribution is -2.51. The molecule has 1 aliphatic rings. The predicted octanol–water partition coefficient (Wildman–Crippen LogP) is 1.73. The molecule has 0 saturated carbocycles. The van der Waals surface area contributed by atoms with Crippen molar-refractivity contribution >= 4 is 5.91 Å². The Hall–Kier alpha value is -0.920. The summed E-state index contributed by atoms with van der Waals surface area (Å²) >= 11 is 0. The molecule has 8 heteroatoms. The molecule has 0 aromatic carbocycles. The molecule has 1 amide bonds. The number of hydrogen-bond acceptors (Lipinski definition) is 2. The highest BCUT2D eigenvalue weighted by Crippen LogP contribution is 2.35. The van der Waals surface area contributed by atoms with Crippen molar-refractivity contribution in [3.8, 4) is 0 Å². The van der Waals surface area contributed by atoms with Crippen LogP contribution in [0.25, 0.3) is 0 Å². The summed E-state index contributed by atoms with van der Waals surface area (Å²) in [6, 6.07) is 0. The third-order valence-corrected chi connectivity index (χ3v) is 2.53. The molecule has 17 heavy (non-hydrogen) atoms. The fourth-order valence-electron chi connectivity index (χ4n) is 1.43. The minimum absolute atomic E-state index is 0.114. The number of alkyl halides is 5. The monoisotopic (exact) mass is 261 g/mol. The lowest BCUT2D eigenvalue weighted by Gasteiger charge is -2.24. The molecule has 0 aromatic rings. The Morgan fingerprint density at radius 3 is 2.18 bits per heavy atom. The van der Waals surface area contributed by atoms with E-state index in [1.54, 1.807) is 5.32 Å². The van der Waals surface area contributed by atoms with Gasteiger partial charge in [0.05, 0.1) is 0 Å². The zero-order valence-corrected chi connectivity index (χ0v) is 8.82. The maximum absolute atomic E-state index is 12.5. The molecule has 0 aromatic heterocycles. The Labute approximate surface area is 94.3 Å². The second-order valence-corrected chi connectivity index (χ2v) is 3.84. The van der Waals surface area contributed by atoms with Crippen molar-refractivity contribution in [3.63, 3.8) is 0 Å². The second-order valence-electron chi connectivity index (χ2n) is 3.84. The highest BCUT2D eigenvalue weighted by molar-refractivity contribution is 5.84. The lowest BCUT2D eigenvalue weighted by atomic mass is 10.0. The Bertz CT molecular complexity index is 273. The van der Waals surface area contributed by atoms with E-state index in [-0.39, 0.29) is 12.5 Å². The van der Waals surface area contributed by atoms with E-state index in [9.17, 15) is 26.7 Å². The number of nitrogens with one attached hydrogen (secondary N) is 1. The lowest BCUT2D eigenvalue weighted by molar-refractivity contribution is -0.269. The van der Waals surface area contributed by atoms with Crippen molar-refractivity contribution < 1.29 is 31.5 Å². The molecule has 1 aliphatic heterocycles. The highest BCUT2D eigenvalue weighted by atomic mass is 19.4. The van der Waals surface area contributed by atoms with Gasteiger partial charge in [-0.1, -0.05) is 0 Å². The smallest absolute Gasteiger partial charge is 0.381 e. The third-order valence-electron chi connectivity index (χ3n) is 2.53. The quantitative estimate of drug-likeness (QED) is 0.786.